The van der Waals surface area contributed by atoms with Gasteiger partial charge >= 0.3 is 0 Å². The molecule has 6 heteroatoms. The van der Waals surface area contributed by atoms with Crippen LogP contribution in [-0.4, -0.2) is 36.9 Å². The molecule has 1 atom stereocenters. The Balaban J connectivity index is 2.28. The van der Waals surface area contributed by atoms with Gasteiger partial charge in [-0.1, -0.05) is 6.07 Å². The molecule has 0 amide bonds. The van der Waals surface area contributed by atoms with Crippen molar-refractivity contribution in [2.24, 2.45) is 0 Å². The van der Waals surface area contributed by atoms with E-state index >= 15 is 0 Å². The molecule has 1 aromatic rings. The lowest BCUT2D eigenvalue weighted by Gasteiger charge is -2.07. The van der Waals surface area contributed by atoms with Gasteiger partial charge in [0.1, 0.15) is 0 Å². The summed E-state index contributed by atoms with van der Waals surface area (Å²) in [5, 5.41) is 9.05. The molecule has 5 nitrogen and oxygen atoms in total. The first kappa shape index (κ1) is 15.1. The van der Waals surface area contributed by atoms with Gasteiger partial charge in [-0.25, -0.2) is 13.1 Å². The van der Waals surface area contributed by atoms with Gasteiger partial charge in [-0.2, -0.15) is 0 Å². The fourth-order valence-corrected chi connectivity index (χ4v) is 2.56. The van der Waals surface area contributed by atoms with Gasteiger partial charge in [0.2, 0.25) is 10.0 Å². The zero-order valence-electron chi connectivity index (χ0n) is 10.5. The third-order valence-electron chi connectivity index (χ3n) is 2.47. The van der Waals surface area contributed by atoms with Gasteiger partial charge in [0.25, 0.3) is 0 Å². The normalized spacial score (nSPS) is 13.4. The van der Waals surface area contributed by atoms with Crippen molar-refractivity contribution in [2.45, 2.75) is 32.3 Å². The van der Waals surface area contributed by atoms with E-state index in [-0.39, 0.29) is 11.9 Å². The number of aromatic nitrogens is 1. The maximum Gasteiger partial charge on any atom is 0.211 e. The van der Waals surface area contributed by atoms with Crippen LogP contribution in [0.3, 0.4) is 0 Å². The first-order valence-corrected chi connectivity index (χ1v) is 7.70. The zero-order chi connectivity index (χ0) is 13.4. The smallest absolute Gasteiger partial charge is 0.211 e. The van der Waals surface area contributed by atoms with E-state index in [4.69, 9.17) is 5.11 Å². The average Bonchev–Trinajstić information content (AvgIpc) is 2.34. The highest BCUT2D eigenvalue weighted by molar-refractivity contribution is 7.89. The van der Waals surface area contributed by atoms with Gasteiger partial charge in [-0.05, 0) is 31.9 Å². The van der Waals surface area contributed by atoms with Crippen LogP contribution >= 0.6 is 0 Å². The fourth-order valence-electron chi connectivity index (χ4n) is 1.48. The van der Waals surface area contributed by atoms with Crippen molar-refractivity contribution in [3.63, 3.8) is 0 Å². The Bertz CT molecular complexity index is 432. The summed E-state index contributed by atoms with van der Waals surface area (Å²) >= 11 is 0. The predicted molar refractivity (Wildman–Crippen MR) is 70.6 cm³/mol. The zero-order valence-corrected chi connectivity index (χ0v) is 11.4. The summed E-state index contributed by atoms with van der Waals surface area (Å²) in [6.45, 7) is 2.06. The molecule has 0 bridgehead atoms. The number of nitrogens with zero attached hydrogens (tertiary/aromatic N) is 1. The minimum atomic E-state index is -3.25. The fraction of sp³-hybridized carbons (Fsp3) is 0.583. The summed E-state index contributed by atoms with van der Waals surface area (Å²) in [5.74, 6) is 0.0404. The number of rotatable bonds is 8. The molecule has 1 aromatic heterocycles. The average molecular weight is 272 g/mol. The van der Waals surface area contributed by atoms with Gasteiger partial charge in [0.05, 0.1) is 11.9 Å². The topological polar surface area (TPSA) is 79.3 Å². The molecule has 0 spiro atoms. The molecule has 102 valence electrons. The minimum Gasteiger partial charge on any atom is -0.393 e. The summed E-state index contributed by atoms with van der Waals surface area (Å²) in [6, 6.07) is 5.44. The van der Waals surface area contributed by atoms with Crippen LogP contribution in [0.4, 0.5) is 0 Å². The lowest BCUT2D eigenvalue weighted by molar-refractivity contribution is 0.182. The Kier molecular flexibility index (Phi) is 6.24. The molecular weight excluding hydrogens is 252 g/mol. The summed E-state index contributed by atoms with van der Waals surface area (Å²) < 4.78 is 25.8. The number of sulfonamides is 1. The molecule has 0 radical (unpaired) electrons. The summed E-state index contributed by atoms with van der Waals surface area (Å²) in [7, 11) is -3.25. The molecule has 1 rings (SSSR count). The number of aryl methyl sites for hydroxylation is 1. The quantitative estimate of drug-likeness (QED) is 0.683. The predicted octanol–water partition coefficient (Wildman–Crippen LogP) is 0.704. The van der Waals surface area contributed by atoms with E-state index in [1.54, 1.807) is 19.2 Å². The monoisotopic (exact) mass is 272 g/mol. The second-order valence-electron chi connectivity index (χ2n) is 4.28. The van der Waals surface area contributed by atoms with Crippen molar-refractivity contribution in [1.29, 1.82) is 0 Å². The Morgan fingerprint density at radius 1 is 1.44 bits per heavy atom. The van der Waals surface area contributed by atoms with Crippen LogP contribution in [0.1, 0.15) is 25.5 Å². The molecule has 0 aliphatic carbocycles. The van der Waals surface area contributed by atoms with Gasteiger partial charge in [-0.15, -0.1) is 0 Å². The molecule has 0 fully saturated rings. The van der Waals surface area contributed by atoms with Crippen molar-refractivity contribution in [2.75, 3.05) is 12.3 Å². The van der Waals surface area contributed by atoms with Crippen molar-refractivity contribution in [3.8, 4) is 0 Å². The van der Waals surface area contributed by atoms with Crippen LogP contribution < -0.4 is 4.72 Å². The highest BCUT2D eigenvalue weighted by Gasteiger charge is 2.10. The minimum absolute atomic E-state index is 0.0404. The first-order valence-electron chi connectivity index (χ1n) is 6.05. The standard InChI is InChI=1S/C12H20N2O3S/c1-11(15)5-4-9-14-18(16,17)10-7-12-6-2-3-8-13-12/h2-3,6,8,11,14-15H,4-5,7,9-10H2,1H3. The van der Waals surface area contributed by atoms with Gasteiger partial charge < -0.3 is 5.11 Å². The van der Waals surface area contributed by atoms with E-state index in [0.29, 0.717) is 25.8 Å². The Morgan fingerprint density at radius 3 is 2.83 bits per heavy atom. The molecule has 0 aliphatic rings. The summed E-state index contributed by atoms with van der Waals surface area (Å²) in [5.41, 5.74) is 0.770. The van der Waals surface area contributed by atoms with Crippen LogP contribution in [0.5, 0.6) is 0 Å². The Hall–Kier alpha value is -0.980. The van der Waals surface area contributed by atoms with E-state index < -0.39 is 10.0 Å². The largest absolute Gasteiger partial charge is 0.393 e. The van der Waals surface area contributed by atoms with Crippen molar-refractivity contribution in [1.82, 2.24) is 9.71 Å². The highest BCUT2D eigenvalue weighted by atomic mass is 32.2. The van der Waals surface area contributed by atoms with Gasteiger partial charge in [0, 0.05) is 24.9 Å². The van der Waals surface area contributed by atoms with E-state index in [2.05, 4.69) is 9.71 Å². The molecule has 0 aliphatic heterocycles. The Morgan fingerprint density at radius 2 is 2.22 bits per heavy atom. The van der Waals surface area contributed by atoms with Crippen molar-refractivity contribution < 1.29 is 13.5 Å². The van der Waals surface area contributed by atoms with Crippen molar-refractivity contribution >= 4 is 10.0 Å². The van der Waals surface area contributed by atoms with Crippen LogP contribution in [0.2, 0.25) is 0 Å². The summed E-state index contributed by atoms with van der Waals surface area (Å²) in [4.78, 5) is 4.08. The lowest BCUT2D eigenvalue weighted by Crippen LogP contribution is -2.28. The molecule has 1 unspecified atom stereocenters. The van der Waals surface area contributed by atoms with E-state index in [1.165, 1.54) is 0 Å². The van der Waals surface area contributed by atoms with E-state index in [1.807, 2.05) is 12.1 Å². The maximum absolute atomic E-state index is 11.6. The van der Waals surface area contributed by atoms with Crippen molar-refractivity contribution in [3.05, 3.63) is 30.1 Å². The van der Waals surface area contributed by atoms with Crippen LogP contribution in [0.25, 0.3) is 0 Å². The third kappa shape index (κ3) is 6.68. The second-order valence-corrected chi connectivity index (χ2v) is 6.20. The van der Waals surface area contributed by atoms with Gasteiger partial charge in [0.15, 0.2) is 0 Å². The maximum atomic E-state index is 11.6. The molecule has 18 heavy (non-hydrogen) atoms. The molecule has 0 saturated heterocycles. The van der Waals surface area contributed by atoms with Gasteiger partial charge in [-0.3, -0.25) is 4.98 Å². The second kappa shape index (κ2) is 7.45. The number of hydrogen-bond donors (Lipinski definition) is 2. The third-order valence-corrected chi connectivity index (χ3v) is 3.86. The number of nitrogens with one attached hydrogen (secondary N) is 1. The SMILES string of the molecule is CC(O)CCCNS(=O)(=O)CCc1ccccn1. The van der Waals surface area contributed by atoms with Crippen LogP contribution in [0.15, 0.2) is 24.4 Å². The van der Waals surface area contributed by atoms with Crippen LogP contribution in [0, 0.1) is 0 Å². The van der Waals surface area contributed by atoms with E-state index in [0.717, 1.165) is 5.69 Å². The summed E-state index contributed by atoms with van der Waals surface area (Å²) in [6.07, 6.45) is 2.91. The molecule has 0 saturated carbocycles. The highest BCUT2D eigenvalue weighted by Crippen LogP contribution is 1.99. The first-order chi connectivity index (χ1) is 8.49. The number of aliphatic hydroxyl groups excluding tert-OH is 1. The number of aliphatic hydroxyl groups is 1. The molecular formula is C12H20N2O3S. The van der Waals surface area contributed by atoms with Crippen LogP contribution in [-0.2, 0) is 16.4 Å². The molecule has 2 N–H and O–H groups in total. The number of hydrogen-bond acceptors (Lipinski definition) is 4. The number of pyridine rings is 1. The molecule has 1 heterocycles. The van der Waals surface area contributed by atoms with E-state index in [9.17, 15) is 8.42 Å². The Labute approximate surface area is 108 Å². The lowest BCUT2D eigenvalue weighted by atomic mass is 10.2. The molecule has 0 aromatic carbocycles.